The van der Waals surface area contributed by atoms with Gasteiger partial charge in [0.2, 0.25) is 0 Å². The lowest BCUT2D eigenvalue weighted by Crippen LogP contribution is -2.58. The van der Waals surface area contributed by atoms with Gasteiger partial charge in [0.15, 0.2) is 0 Å². The molecule has 2 aliphatic heterocycles. The molecule has 0 spiro atoms. The van der Waals surface area contributed by atoms with E-state index in [1.54, 1.807) is 0 Å². The fraction of sp³-hybridized carbons (Fsp3) is 1.00. The topological polar surface area (TPSA) is 24.5 Å². The van der Waals surface area contributed by atoms with E-state index in [1.165, 1.54) is 25.9 Å². The average molecular weight is 240 g/mol. The Hall–Kier alpha value is -0.120. The second kappa shape index (κ2) is 6.17. The van der Waals surface area contributed by atoms with E-state index < -0.39 is 0 Å². The van der Waals surface area contributed by atoms with Crippen LogP contribution < -0.4 is 5.32 Å². The average Bonchev–Trinajstić information content (AvgIpc) is 2.81. The first-order valence-electron chi connectivity index (χ1n) is 7.25. The highest BCUT2D eigenvalue weighted by molar-refractivity contribution is 4.88. The van der Waals surface area contributed by atoms with Gasteiger partial charge in [-0.05, 0) is 24.7 Å². The Morgan fingerprint density at radius 2 is 2.24 bits per heavy atom. The van der Waals surface area contributed by atoms with Crippen LogP contribution in [0.25, 0.3) is 0 Å². The van der Waals surface area contributed by atoms with Gasteiger partial charge in [0.25, 0.3) is 0 Å². The summed E-state index contributed by atoms with van der Waals surface area (Å²) in [5.74, 6) is 1.50. The van der Waals surface area contributed by atoms with Gasteiger partial charge in [-0.2, -0.15) is 0 Å². The van der Waals surface area contributed by atoms with Crippen LogP contribution >= 0.6 is 0 Å². The van der Waals surface area contributed by atoms with Crippen molar-refractivity contribution in [1.29, 1.82) is 0 Å². The highest BCUT2D eigenvalue weighted by Gasteiger charge is 2.30. The molecule has 0 bridgehead atoms. The van der Waals surface area contributed by atoms with E-state index >= 15 is 0 Å². The molecule has 3 heteroatoms. The van der Waals surface area contributed by atoms with E-state index in [-0.39, 0.29) is 0 Å². The largest absolute Gasteiger partial charge is 0.381 e. The predicted molar refractivity (Wildman–Crippen MR) is 71.2 cm³/mol. The van der Waals surface area contributed by atoms with Crippen molar-refractivity contribution in [2.24, 2.45) is 11.8 Å². The molecule has 0 radical (unpaired) electrons. The zero-order chi connectivity index (χ0) is 12.3. The summed E-state index contributed by atoms with van der Waals surface area (Å²) in [6.07, 6.45) is 2.51. The zero-order valence-electron chi connectivity index (χ0n) is 11.6. The third-order valence-corrected chi connectivity index (χ3v) is 4.36. The van der Waals surface area contributed by atoms with Gasteiger partial charge in [-0.25, -0.2) is 0 Å². The number of hydrogen-bond donors (Lipinski definition) is 1. The van der Waals surface area contributed by atoms with Crippen molar-refractivity contribution in [1.82, 2.24) is 10.2 Å². The monoisotopic (exact) mass is 240 g/mol. The van der Waals surface area contributed by atoms with Crippen LogP contribution in [-0.4, -0.2) is 49.8 Å². The molecule has 0 aromatic rings. The van der Waals surface area contributed by atoms with Crippen molar-refractivity contribution < 1.29 is 4.74 Å². The molecule has 3 unspecified atom stereocenters. The van der Waals surface area contributed by atoms with Gasteiger partial charge in [-0.1, -0.05) is 20.8 Å². The Bertz CT molecular complexity index is 224. The summed E-state index contributed by atoms with van der Waals surface area (Å²) in [6, 6.07) is 1.39. The third-order valence-electron chi connectivity index (χ3n) is 4.36. The summed E-state index contributed by atoms with van der Waals surface area (Å²) < 4.78 is 5.50. The van der Waals surface area contributed by atoms with E-state index in [2.05, 4.69) is 31.0 Å². The Labute approximate surface area is 106 Å². The molecule has 2 heterocycles. The molecule has 0 aliphatic carbocycles. The lowest BCUT2D eigenvalue weighted by molar-refractivity contribution is 0.0874. The van der Waals surface area contributed by atoms with Crippen molar-refractivity contribution in [3.63, 3.8) is 0 Å². The minimum absolute atomic E-state index is 0.667. The zero-order valence-corrected chi connectivity index (χ0v) is 11.6. The number of nitrogens with zero attached hydrogens (tertiary/aromatic N) is 1. The second-order valence-electron chi connectivity index (χ2n) is 6.00. The van der Waals surface area contributed by atoms with Gasteiger partial charge in [0.05, 0.1) is 6.61 Å². The Balaban J connectivity index is 1.89. The standard InChI is InChI=1S/C14H28N2O/c1-4-13-7-15-14(11(2)3)9-16(13)8-12-5-6-17-10-12/h11-15H,4-10H2,1-3H3. The van der Waals surface area contributed by atoms with Crippen molar-refractivity contribution in [3.05, 3.63) is 0 Å². The minimum atomic E-state index is 0.667. The second-order valence-corrected chi connectivity index (χ2v) is 6.00. The fourth-order valence-corrected chi connectivity index (χ4v) is 3.01. The van der Waals surface area contributed by atoms with E-state index in [1.807, 2.05) is 0 Å². The van der Waals surface area contributed by atoms with Crippen LogP contribution in [-0.2, 0) is 4.74 Å². The molecule has 3 nitrogen and oxygen atoms in total. The summed E-state index contributed by atoms with van der Waals surface area (Å²) in [7, 11) is 0. The number of piperazine rings is 1. The first kappa shape index (κ1) is 13.3. The molecule has 0 aromatic carbocycles. The van der Waals surface area contributed by atoms with Crippen LogP contribution in [0.4, 0.5) is 0 Å². The molecule has 2 aliphatic rings. The van der Waals surface area contributed by atoms with E-state index in [0.717, 1.165) is 37.6 Å². The smallest absolute Gasteiger partial charge is 0.0507 e. The van der Waals surface area contributed by atoms with Crippen LogP contribution in [0.15, 0.2) is 0 Å². The molecule has 100 valence electrons. The summed E-state index contributed by atoms with van der Waals surface area (Å²) in [6.45, 7) is 12.5. The molecule has 0 saturated carbocycles. The molecule has 3 atom stereocenters. The molecule has 2 saturated heterocycles. The maximum atomic E-state index is 5.50. The number of hydrogen-bond acceptors (Lipinski definition) is 3. The van der Waals surface area contributed by atoms with Gasteiger partial charge in [0, 0.05) is 38.3 Å². The lowest BCUT2D eigenvalue weighted by Gasteiger charge is -2.42. The quantitative estimate of drug-likeness (QED) is 0.810. The summed E-state index contributed by atoms with van der Waals surface area (Å²) in [5.41, 5.74) is 0. The van der Waals surface area contributed by atoms with Gasteiger partial charge >= 0.3 is 0 Å². The van der Waals surface area contributed by atoms with Crippen molar-refractivity contribution in [2.75, 3.05) is 32.8 Å². The Morgan fingerprint density at radius 1 is 1.41 bits per heavy atom. The van der Waals surface area contributed by atoms with Crippen LogP contribution in [0.1, 0.15) is 33.6 Å². The Morgan fingerprint density at radius 3 is 2.82 bits per heavy atom. The predicted octanol–water partition coefficient (Wildman–Crippen LogP) is 1.73. The highest BCUT2D eigenvalue weighted by Crippen LogP contribution is 2.20. The first-order valence-corrected chi connectivity index (χ1v) is 7.25. The minimum Gasteiger partial charge on any atom is -0.381 e. The van der Waals surface area contributed by atoms with Gasteiger partial charge in [0.1, 0.15) is 0 Å². The molecule has 17 heavy (non-hydrogen) atoms. The Kier molecular flexibility index (Phi) is 4.83. The third kappa shape index (κ3) is 3.43. The van der Waals surface area contributed by atoms with Crippen molar-refractivity contribution in [3.8, 4) is 0 Å². The summed E-state index contributed by atoms with van der Waals surface area (Å²) in [4.78, 5) is 2.71. The van der Waals surface area contributed by atoms with E-state index in [0.29, 0.717) is 6.04 Å². The summed E-state index contributed by atoms with van der Waals surface area (Å²) >= 11 is 0. The number of rotatable bonds is 4. The van der Waals surface area contributed by atoms with Crippen LogP contribution in [0.3, 0.4) is 0 Å². The van der Waals surface area contributed by atoms with Gasteiger partial charge in [-0.3, -0.25) is 4.90 Å². The number of nitrogens with one attached hydrogen (secondary N) is 1. The van der Waals surface area contributed by atoms with Gasteiger partial charge in [-0.15, -0.1) is 0 Å². The highest BCUT2D eigenvalue weighted by atomic mass is 16.5. The molecule has 2 fully saturated rings. The number of ether oxygens (including phenoxy) is 1. The molecule has 2 rings (SSSR count). The SMILES string of the molecule is CCC1CNC(C(C)C)CN1CC1CCOC1. The fourth-order valence-electron chi connectivity index (χ4n) is 3.01. The normalized spacial score (nSPS) is 35.6. The van der Waals surface area contributed by atoms with Crippen molar-refractivity contribution >= 4 is 0 Å². The summed E-state index contributed by atoms with van der Waals surface area (Å²) in [5, 5.41) is 3.70. The maximum absolute atomic E-state index is 5.50. The first-order chi connectivity index (χ1) is 8.20. The lowest BCUT2D eigenvalue weighted by atomic mass is 9.97. The maximum Gasteiger partial charge on any atom is 0.0507 e. The molecular weight excluding hydrogens is 212 g/mol. The van der Waals surface area contributed by atoms with Crippen LogP contribution in [0, 0.1) is 11.8 Å². The van der Waals surface area contributed by atoms with E-state index in [9.17, 15) is 0 Å². The molecular formula is C14H28N2O. The molecule has 1 N–H and O–H groups in total. The van der Waals surface area contributed by atoms with Crippen molar-refractivity contribution in [2.45, 2.75) is 45.7 Å². The molecule has 0 amide bonds. The van der Waals surface area contributed by atoms with E-state index in [4.69, 9.17) is 4.74 Å². The van der Waals surface area contributed by atoms with Crippen LogP contribution in [0.2, 0.25) is 0 Å². The van der Waals surface area contributed by atoms with Crippen LogP contribution in [0.5, 0.6) is 0 Å². The van der Waals surface area contributed by atoms with Gasteiger partial charge < -0.3 is 10.1 Å². The molecule has 0 aromatic heterocycles.